The number of aromatic amines is 2. The second kappa shape index (κ2) is 5.73. The van der Waals surface area contributed by atoms with Crippen LogP contribution in [0.3, 0.4) is 0 Å². The first-order valence-electron chi connectivity index (χ1n) is 7.73. The molecule has 0 bridgehead atoms. The molecule has 3 N–H and O–H groups in total. The normalized spacial score (nSPS) is 11.2. The molecule has 4 aromatic rings. The van der Waals surface area contributed by atoms with Crippen LogP contribution in [0.5, 0.6) is 0 Å². The Balaban J connectivity index is 1.65. The van der Waals surface area contributed by atoms with Crippen LogP contribution in [0, 0.1) is 6.92 Å². The summed E-state index contributed by atoms with van der Waals surface area (Å²) in [4.78, 5) is 18.4. The van der Waals surface area contributed by atoms with E-state index in [1.54, 1.807) is 6.07 Å². The van der Waals surface area contributed by atoms with Gasteiger partial charge in [0.05, 0.1) is 0 Å². The van der Waals surface area contributed by atoms with Crippen molar-refractivity contribution in [2.75, 3.05) is 5.32 Å². The van der Waals surface area contributed by atoms with Gasteiger partial charge in [0.15, 0.2) is 0 Å². The van der Waals surface area contributed by atoms with Gasteiger partial charge in [-0.2, -0.15) is 0 Å². The monoisotopic (exact) mass is 337 g/mol. The van der Waals surface area contributed by atoms with Crippen LogP contribution in [0.2, 0.25) is 5.02 Å². The number of nitrogens with one attached hydrogen (secondary N) is 3. The Bertz CT molecular complexity index is 1110. The molecule has 24 heavy (non-hydrogen) atoms. The first kappa shape index (κ1) is 14.8. The fourth-order valence-electron chi connectivity index (χ4n) is 3.01. The molecule has 0 saturated carbocycles. The van der Waals surface area contributed by atoms with E-state index in [2.05, 4.69) is 40.4 Å². The van der Waals surface area contributed by atoms with E-state index in [4.69, 9.17) is 11.6 Å². The third-order valence-corrected chi connectivity index (χ3v) is 4.48. The number of halogens is 1. The Hall–Kier alpha value is -2.72. The molecule has 2 aromatic heterocycles. The third kappa shape index (κ3) is 2.65. The molecule has 0 radical (unpaired) electrons. The molecule has 0 spiro atoms. The molecule has 0 aliphatic carbocycles. The van der Waals surface area contributed by atoms with E-state index < -0.39 is 0 Å². The highest BCUT2D eigenvalue weighted by atomic mass is 35.5. The number of benzene rings is 2. The summed E-state index contributed by atoms with van der Waals surface area (Å²) in [5.41, 5.74) is 4.63. The fourth-order valence-corrected chi connectivity index (χ4v) is 3.19. The molecule has 2 aromatic carbocycles. The van der Waals surface area contributed by atoms with E-state index in [1.807, 2.05) is 24.4 Å². The summed E-state index contributed by atoms with van der Waals surface area (Å²) in [6.45, 7) is 2.52. The van der Waals surface area contributed by atoms with Crippen molar-refractivity contribution in [1.82, 2.24) is 9.97 Å². The van der Waals surface area contributed by atoms with Crippen LogP contribution in [-0.4, -0.2) is 9.97 Å². The number of aryl methyl sites for hydroxylation is 1. The zero-order valence-electron chi connectivity index (χ0n) is 13.1. The Morgan fingerprint density at radius 2 is 1.96 bits per heavy atom. The Morgan fingerprint density at radius 1 is 1.08 bits per heavy atom. The molecule has 0 aliphatic rings. The molecule has 4 rings (SSSR count). The quantitative estimate of drug-likeness (QED) is 0.512. The van der Waals surface area contributed by atoms with Gasteiger partial charge in [-0.25, -0.2) is 0 Å². The SMILES string of the molecule is Cc1cc(NCc2cc3cc(Cl)ccc3[nH]c2=O)cc2[nH]ccc12. The predicted octanol–water partition coefficient (Wildman–Crippen LogP) is 4.58. The number of pyridine rings is 1. The van der Waals surface area contributed by atoms with Gasteiger partial charge >= 0.3 is 0 Å². The van der Waals surface area contributed by atoms with Crippen molar-refractivity contribution in [2.24, 2.45) is 0 Å². The van der Waals surface area contributed by atoms with Gasteiger partial charge in [-0.15, -0.1) is 0 Å². The van der Waals surface area contributed by atoms with Gasteiger partial charge in [0.1, 0.15) is 0 Å². The van der Waals surface area contributed by atoms with E-state index in [1.165, 1.54) is 10.9 Å². The number of H-pyrrole nitrogens is 2. The van der Waals surface area contributed by atoms with Crippen molar-refractivity contribution < 1.29 is 0 Å². The second-order valence-electron chi connectivity index (χ2n) is 5.94. The number of fused-ring (bicyclic) bond motifs is 2. The highest BCUT2D eigenvalue weighted by Gasteiger charge is 2.06. The van der Waals surface area contributed by atoms with Gasteiger partial charge in [0, 0.05) is 50.8 Å². The van der Waals surface area contributed by atoms with Crippen LogP contribution in [0.25, 0.3) is 21.8 Å². The predicted molar refractivity (Wildman–Crippen MR) is 99.9 cm³/mol. The van der Waals surface area contributed by atoms with Crippen LogP contribution in [0.4, 0.5) is 5.69 Å². The molecule has 0 aliphatic heterocycles. The Kier molecular flexibility index (Phi) is 3.54. The van der Waals surface area contributed by atoms with E-state index in [0.29, 0.717) is 17.1 Å². The number of hydrogen-bond acceptors (Lipinski definition) is 2. The molecule has 0 fully saturated rings. The van der Waals surface area contributed by atoms with Gasteiger partial charge in [-0.1, -0.05) is 11.6 Å². The van der Waals surface area contributed by atoms with Crippen molar-refractivity contribution in [2.45, 2.75) is 13.5 Å². The lowest BCUT2D eigenvalue weighted by molar-refractivity contribution is 1.09. The van der Waals surface area contributed by atoms with Crippen molar-refractivity contribution in [3.05, 3.63) is 75.2 Å². The fraction of sp³-hybridized carbons (Fsp3) is 0.105. The topological polar surface area (TPSA) is 60.7 Å². The maximum Gasteiger partial charge on any atom is 0.253 e. The van der Waals surface area contributed by atoms with Crippen LogP contribution in [0.1, 0.15) is 11.1 Å². The zero-order chi connectivity index (χ0) is 16.7. The van der Waals surface area contributed by atoms with E-state index in [9.17, 15) is 4.79 Å². The summed E-state index contributed by atoms with van der Waals surface area (Å²) in [5.74, 6) is 0. The van der Waals surface area contributed by atoms with Crippen molar-refractivity contribution in [3.63, 3.8) is 0 Å². The van der Waals surface area contributed by atoms with E-state index in [-0.39, 0.29) is 5.56 Å². The molecule has 5 heteroatoms. The minimum atomic E-state index is -0.0880. The van der Waals surface area contributed by atoms with Crippen molar-refractivity contribution >= 4 is 39.1 Å². The van der Waals surface area contributed by atoms with Gasteiger partial charge in [0.2, 0.25) is 0 Å². The lowest BCUT2D eigenvalue weighted by atomic mass is 10.1. The van der Waals surface area contributed by atoms with Gasteiger partial charge in [-0.05, 0) is 55.0 Å². The molecular formula is C19H16ClN3O. The largest absolute Gasteiger partial charge is 0.381 e. The molecule has 0 saturated heterocycles. The molecule has 4 nitrogen and oxygen atoms in total. The number of hydrogen-bond donors (Lipinski definition) is 3. The van der Waals surface area contributed by atoms with Gasteiger partial charge in [0.25, 0.3) is 5.56 Å². The highest BCUT2D eigenvalue weighted by Crippen LogP contribution is 2.23. The third-order valence-electron chi connectivity index (χ3n) is 4.24. The van der Waals surface area contributed by atoms with Crippen LogP contribution in [0.15, 0.2) is 53.5 Å². The van der Waals surface area contributed by atoms with Crippen LogP contribution < -0.4 is 10.9 Å². The Labute approximate surface area is 143 Å². The molecule has 2 heterocycles. The van der Waals surface area contributed by atoms with Gasteiger partial charge in [-0.3, -0.25) is 4.79 Å². The smallest absolute Gasteiger partial charge is 0.253 e. The number of aromatic nitrogens is 2. The molecule has 0 atom stereocenters. The average molecular weight is 338 g/mol. The van der Waals surface area contributed by atoms with Crippen molar-refractivity contribution in [3.8, 4) is 0 Å². The van der Waals surface area contributed by atoms with E-state index >= 15 is 0 Å². The summed E-state index contributed by atoms with van der Waals surface area (Å²) >= 11 is 6.03. The van der Waals surface area contributed by atoms with Gasteiger partial charge < -0.3 is 15.3 Å². The summed E-state index contributed by atoms with van der Waals surface area (Å²) in [7, 11) is 0. The summed E-state index contributed by atoms with van der Waals surface area (Å²) < 4.78 is 0. The maximum atomic E-state index is 12.2. The van der Waals surface area contributed by atoms with Crippen LogP contribution in [-0.2, 0) is 6.54 Å². The second-order valence-corrected chi connectivity index (χ2v) is 6.38. The van der Waals surface area contributed by atoms with Crippen LogP contribution >= 0.6 is 11.6 Å². The highest BCUT2D eigenvalue weighted by molar-refractivity contribution is 6.31. The standard InChI is InChI=1S/C19H16ClN3O/c1-11-6-15(9-18-16(11)4-5-21-18)22-10-13-7-12-8-14(20)2-3-17(12)23-19(13)24/h2-9,21-22H,10H2,1H3,(H,23,24). The zero-order valence-corrected chi connectivity index (χ0v) is 13.9. The van der Waals surface area contributed by atoms with Crippen molar-refractivity contribution in [1.29, 1.82) is 0 Å². The molecule has 120 valence electrons. The first-order valence-corrected chi connectivity index (χ1v) is 8.11. The minimum absolute atomic E-state index is 0.0880. The summed E-state index contributed by atoms with van der Waals surface area (Å²) in [5, 5.41) is 6.12. The summed E-state index contributed by atoms with van der Waals surface area (Å²) in [6, 6.07) is 13.5. The lowest BCUT2D eigenvalue weighted by Gasteiger charge is -2.09. The molecule has 0 unspecified atom stereocenters. The minimum Gasteiger partial charge on any atom is -0.381 e. The molecule has 0 amide bonds. The molecular weight excluding hydrogens is 322 g/mol. The Morgan fingerprint density at radius 3 is 2.83 bits per heavy atom. The number of anilines is 1. The average Bonchev–Trinajstić information content (AvgIpc) is 3.02. The first-order chi connectivity index (χ1) is 11.6. The maximum absolute atomic E-state index is 12.2. The summed E-state index contributed by atoms with van der Waals surface area (Å²) in [6.07, 6.45) is 1.93. The number of rotatable bonds is 3. The van der Waals surface area contributed by atoms with E-state index in [0.717, 1.165) is 22.1 Å². The lowest BCUT2D eigenvalue weighted by Crippen LogP contribution is -2.15.